The van der Waals surface area contributed by atoms with Crippen LogP contribution in [0.1, 0.15) is 16.7 Å². The topological polar surface area (TPSA) is 46.6 Å². The highest BCUT2D eigenvalue weighted by atomic mass is 79.9. The lowest BCUT2D eigenvalue weighted by Crippen LogP contribution is -2.27. The van der Waals surface area contributed by atoms with Crippen LogP contribution in [0.25, 0.3) is 6.08 Å². The van der Waals surface area contributed by atoms with Crippen molar-refractivity contribution in [3.05, 3.63) is 102 Å². The average Bonchev–Trinajstić information content (AvgIpc) is 3.02. The zero-order valence-corrected chi connectivity index (χ0v) is 22.1. The lowest BCUT2D eigenvalue weighted by Gasteiger charge is -2.13. The van der Waals surface area contributed by atoms with Gasteiger partial charge >= 0.3 is 0 Å². The van der Waals surface area contributed by atoms with Crippen molar-refractivity contribution in [3.8, 4) is 5.75 Å². The second-order valence-corrected chi connectivity index (χ2v) is 10.6. The number of thioether (sulfide) groups is 1. The predicted molar refractivity (Wildman–Crippen MR) is 138 cm³/mol. The highest BCUT2D eigenvalue weighted by Crippen LogP contribution is 2.38. The molecule has 4 nitrogen and oxygen atoms in total. The van der Waals surface area contributed by atoms with E-state index < -0.39 is 0 Å². The van der Waals surface area contributed by atoms with Crippen molar-refractivity contribution in [3.63, 3.8) is 0 Å². The van der Waals surface area contributed by atoms with Crippen molar-refractivity contribution < 1.29 is 14.3 Å². The fourth-order valence-corrected chi connectivity index (χ4v) is 5.64. The first-order chi connectivity index (χ1) is 15.4. The molecule has 0 unspecified atom stereocenters. The summed E-state index contributed by atoms with van der Waals surface area (Å²) in [5, 5.41) is -0.273. The number of halogens is 3. The van der Waals surface area contributed by atoms with Crippen LogP contribution in [0.3, 0.4) is 0 Å². The second kappa shape index (κ2) is 10.4. The van der Waals surface area contributed by atoms with E-state index in [2.05, 4.69) is 47.8 Å². The van der Waals surface area contributed by atoms with Crippen molar-refractivity contribution in [2.24, 2.45) is 0 Å². The van der Waals surface area contributed by atoms with Gasteiger partial charge in [0.1, 0.15) is 12.4 Å². The summed E-state index contributed by atoms with van der Waals surface area (Å²) < 4.78 is 8.41. The number of ether oxygens (including phenoxy) is 1. The van der Waals surface area contributed by atoms with Gasteiger partial charge in [-0.3, -0.25) is 14.5 Å². The van der Waals surface area contributed by atoms with Crippen LogP contribution in [0.5, 0.6) is 5.75 Å². The minimum absolute atomic E-state index is 0.245. The van der Waals surface area contributed by atoms with E-state index in [-0.39, 0.29) is 17.7 Å². The number of imide groups is 1. The molecule has 0 atom stereocenters. The van der Waals surface area contributed by atoms with Crippen molar-refractivity contribution in [2.45, 2.75) is 13.2 Å². The van der Waals surface area contributed by atoms with Gasteiger partial charge in [-0.05, 0) is 90.7 Å². The van der Waals surface area contributed by atoms with Gasteiger partial charge in [0, 0.05) is 4.47 Å². The molecule has 1 fully saturated rings. The third-order valence-electron chi connectivity index (χ3n) is 4.67. The Bertz CT molecular complexity index is 1170. The van der Waals surface area contributed by atoms with E-state index in [0.29, 0.717) is 17.3 Å². The average molecular weight is 638 g/mol. The Kier molecular flexibility index (Phi) is 7.55. The number of rotatable bonds is 6. The van der Waals surface area contributed by atoms with Gasteiger partial charge in [0.2, 0.25) is 0 Å². The number of hydrogen-bond acceptors (Lipinski definition) is 4. The summed E-state index contributed by atoms with van der Waals surface area (Å²) >= 11 is 11.4. The number of carbonyl (C=O) groups is 2. The zero-order valence-electron chi connectivity index (χ0n) is 16.6. The van der Waals surface area contributed by atoms with Crippen LogP contribution in [0.2, 0.25) is 0 Å². The Morgan fingerprint density at radius 3 is 2.19 bits per heavy atom. The van der Waals surface area contributed by atoms with Gasteiger partial charge in [0.25, 0.3) is 11.1 Å². The molecule has 1 aliphatic rings. The summed E-state index contributed by atoms with van der Waals surface area (Å²) in [4.78, 5) is 26.9. The lowest BCUT2D eigenvalue weighted by atomic mass is 10.2. The Morgan fingerprint density at radius 1 is 0.875 bits per heavy atom. The van der Waals surface area contributed by atoms with Gasteiger partial charge in [-0.1, -0.05) is 58.4 Å². The van der Waals surface area contributed by atoms with Crippen LogP contribution >= 0.6 is 59.6 Å². The molecule has 2 amide bonds. The van der Waals surface area contributed by atoms with Crippen LogP contribution in [0.15, 0.2) is 85.1 Å². The third-order valence-corrected chi connectivity index (χ3v) is 7.29. The smallest absolute Gasteiger partial charge is 0.293 e. The van der Waals surface area contributed by atoms with Crippen LogP contribution in [0.4, 0.5) is 4.79 Å². The summed E-state index contributed by atoms with van der Waals surface area (Å²) in [5.74, 6) is 0.383. The molecule has 162 valence electrons. The van der Waals surface area contributed by atoms with Crippen molar-refractivity contribution >= 4 is 76.8 Å². The number of benzene rings is 3. The third kappa shape index (κ3) is 5.54. The first-order valence-corrected chi connectivity index (χ1v) is 12.8. The first kappa shape index (κ1) is 23.3. The summed E-state index contributed by atoms with van der Waals surface area (Å²) in [6.07, 6.45) is 1.73. The molecular weight excluding hydrogens is 622 g/mol. The van der Waals surface area contributed by atoms with Gasteiger partial charge in [-0.25, -0.2) is 0 Å². The van der Waals surface area contributed by atoms with Crippen molar-refractivity contribution in [1.82, 2.24) is 4.90 Å². The SMILES string of the molecule is O=C1S/C(=C\c2cc(Br)c(OCc3ccccc3)c(Br)c2)C(=O)N1Cc1ccc(Br)cc1. The molecule has 0 radical (unpaired) electrons. The van der Waals surface area contributed by atoms with E-state index in [1.807, 2.05) is 66.7 Å². The van der Waals surface area contributed by atoms with E-state index in [1.165, 1.54) is 4.90 Å². The second-order valence-electron chi connectivity index (χ2n) is 6.98. The Hall–Kier alpha value is -1.87. The minimum atomic E-state index is -0.292. The lowest BCUT2D eigenvalue weighted by molar-refractivity contribution is -0.123. The molecule has 4 rings (SSSR count). The number of carbonyl (C=O) groups excluding carboxylic acids is 2. The molecule has 0 aliphatic carbocycles. The Morgan fingerprint density at radius 2 is 1.53 bits per heavy atom. The molecule has 0 bridgehead atoms. The van der Waals surface area contributed by atoms with E-state index in [0.717, 1.165) is 41.9 Å². The fraction of sp³-hybridized carbons (Fsp3) is 0.0833. The number of nitrogens with zero attached hydrogens (tertiary/aromatic N) is 1. The van der Waals surface area contributed by atoms with E-state index in [1.54, 1.807) is 6.08 Å². The molecular formula is C24H16Br3NO3S. The molecule has 0 N–H and O–H groups in total. The molecule has 1 heterocycles. The predicted octanol–water partition coefficient (Wildman–Crippen LogP) is 7.79. The zero-order chi connectivity index (χ0) is 22.7. The maximum absolute atomic E-state index is 12.8. The fourth-order valence-electron chi connectivity index (χ4n) is 3.09. The molecule has 0 saturated carbocycles. The van der Waals surface area contributed by atoms with Crippen molar-refractivity contribution in [1.29, 1.82) is 0 Å². The molecule has 1 saturated heterocycles. The summed E-state index contributed by atoms with van der Waals surface area (Å²) in [7, 11) is 0. The van der Waals surface area contributed by atoms with Gasteiger partial charge in [-0.15, -0.1) is 0 Å². The van der Waals surface area contributed by atoms with Gasteiger partial charge < -0.3 is 4.74 Å². The monoisotopic (exact) mass is 635 g/mol. The van der Waals surface area contributed by atoms with E-state index >= 15 is 0 Å². The molecule has 3 aromatic carbocycles. The number of amides is 2. The van der Waals surface area contributed by atoms with E-state index in [4.69, 9.17) is 4.74 Å². The Balaban J connectivity index is 1.50. The maximum Gasteiger partial charge on any atom is 0.293 e. The largest absolute Gasteiger partial charge is 0.487 e. The molecule has 1 aliphatic heterocycles. The summed E-state index contributed by atoms with van der Waals surface area (Å²) in [6.45, 7) is 0.682. The first-order valence-electron chi connectivity index (χ1n) is 9.56. The molecule has 0 spiro atoms. The molecule has 8 heteroatoms. The standard InChI is InChI=1S/C24H16Br3NO3S/c25-18-8-6-15(7-9-18)13-28-23(29)21(32-24(28)30)12-17-10-19(26)22(20(27)11-17)31-14-16-4-2-1-3-5-16/h1-12H,13-14H2/b21-12-. The van der Waals surface area contributed by atoms with Crippen LogP contribution < -0.4 is 4.74 Å². The summed E-state index contributed by atoms with van der Waals surface area (Å²) in [5.41, 5.74) is 2.74. The highest BCUT2D eigenvalue weighted by Gasteiger charge is 2.35. The molecule has 3 aromatic rings. The quantitative estimate of drug-likeness (QED) is 0.259. The Labute approximate surface area is 215 Å². The normalized spacial score (nSPS) is 15.0. The molecule has 32 heavy (non-hydrogen) atoms. The minimum Gasteiger partial charge on any atom is -0.487 e. The van der Waals surface area contributed by atoms with Gasteiger partial charge in [0.05, 0.1) is 20.4 Å². The van der Waals surface area contributed by atoms with Crippen molar-refractivity contribution in [2.75, 3.05) is 0 Å². The van der Waals surface area contributed by atoms with Gasteiger partial charge in [-0.2, -0.15) is 0 Å². The molecule has 0 aromatic heterocycles. The maximum atomic E-state index is 12.8. The highest BCUT2D eigenvalue weighted by molar-refractivity contribution is 9.11. The van der Waals surface area contributed by atoms with Crippen LogP contribution in [0, 0.1) is 0 Å². The number of hydrogen-bond donors (Lipinski definition) is 0. The van der Waals surface area contributed by atoms with E-state index in [9.17, 15) is 9.59 Å². The van der Waals surface area contributed by atoms with Crippen LogP contribution in [-0.4, -0.2) is 16.0 Å². The summed E-state index contributed by atoms with van der Waals surface area (Å²) in [6, 6.07) is 21.2. The van der Waals surface area contributed by atoms with Crippen LogP contribution in [-0.2, 0) is 17.9 Å². The van der Waals surface area contributed by atoms with Gasteiger partial charge in [0.15, 0.2) is 0 Å².